The van der Waals surface area contributed by atoms with Crippen molar-refractivity contribution in [3.63, 3.8) is 0 Å². The summed E-state index contributed by atoms with van der Waals surface area (Å²) in [5.74, 6) is 4.33. The van der Waals surface area contributed by atoms with Gasteiger partial charge in [0.25, 0.3) is 0 Å². The van der Waals surface area contributed by atoms with Crippen molar-refractivity contribution in [2.24, 2.45) is 23.7 Å². The average molecular weight is 223 g/mol. The van der Waals surface area contributed by atoms with Gasteiger partial charge in [0.1, 0.15) is 0 Å². The molecule has 5 atom stereocenters. The molecule has 0 aromatic rings. The smallest absolute Gasteiger partial charge is 0.0474 e. The first-order chi connectivity index (χ1) is 7.90. The molecule has 3 rings (SSSR count). The van der Waals surface area contributed by atoms with Gasteiger partial charge < -0.3 is 10.1 Å². The van der Waals surface area contributed by atoms with Crippen LogP contribution in [0, 0.1) is 23.7 Å². The highest BCUT2D eigenvalue weighted by Crippen LogP contribution is 2.58. The number of fused-ring (bicyclic) bond motifs is 5. The Morgan fingerprint density at radius 3 is 2.88 bits per heavy atom. The van der Waals surface area contributed by atoms with Gasteiger partial charge in [-0.1, -0.05) is 6.42 Å². The van der Waals surface area contributed by atoms with E-state index < -0.39 is 0 Å². The fraction of sp³-hybridized carbons (Fsp3) is 1.00. The first-order valence-corrected chi connectivity index (χ1v) is 7.12. The highest BCUT2D eigenvalue weighted by molar-refractivity contribution is 5.05. The molecule has 3 aliphatic rings. The fourth-order valence-corrected chi connectivity index (χ4v) is 4.81. The number of rotatable bonds is 5. The lowest BCUT2D eigenvalue weighted by Gasteiger charge is -2.32. The largest absolute Gasteiger partial charge is 0.385 e. The van der Waals surface area contributed by atoms with Crippen LogP contribution < -0.4 is 5.32 Å². The van der Waals surface area contributed by atoms with E-state index in [9.17, 15) is 0 Å². The van der Waals surface area contributed by atoms with Gasteiger partial charge in [-0.2, -0.15) is 0 Å². The molecule has 0 spiro atoms. The molecule has 2 heteroatoms. The number of methoxy groups -OCH3 is 1. The molecular formula is C14H25NO. The molecule has 2 bridgehead atoms. The fourth-order valence-electron chi connectivity index (χ4n) is 4.81. The highest BCUT2D eigenvalue weighted by Gasteiger charge is 2.53. The summed E-state index contributed by atoms with van der Waals surface area (Å²) >= 11 is 0. The Hall–Kier alpha value is -0.0800. The predicted octanol–water partition coefficient (Wildman–Crippen LogP) is 2.44. The van der Waals surface area contributed by atoms with Crippen molar-refractivity contribution in [2.45, 2.75) is 44.6 Å². The molecule has 16 heavy (non-hydrogen) atoms. The lowest BCUT2D eigenvalue weighted by atomic mass is 9.79. The number of hydrogen-bond donors (Lipinski definition) is 1. The molecule has 0 unspecified atom stereocenters. The molecule has 3 aliphatic carbocycles. The minimum absolute atomic E-state index is 0.848. The Bertz CT molecular complexity index is 243. The molecule has 3 saturated carbocycles. The van der Waals surface area contributed by atoms with Crippen molar-refractivity contribution < 1.29 is 4.74 Å². The standard InChI is InChI=1S/C14H25NO/c1-16-7-3-6-15-14-9-10-8-13(14)12-5-2-4-11(10)12/h10-15H,2-9H2,1H3/t10-,11-,12+,13+,14-/m1/s1. The number of nitrogens with one attached hydrogen (secondary N) is 1. The van der Waals surface area contributed by atoms with Gasteiger partial charge in [-0.05, 0) is 62.3 Å². The summed E-state index contributed by atoms with van der Waals surface area (Å²) in [5.41, 5.74) is 0. The summed E-state index contributed by atoms with van der Waals surface area (Å²) in [6, 6.07) is 0.848. The quantitative estimate of drug-likeness (QED) is 0.723. The second kappa shape index (κ2) is 4.66. The first kappa shape index (κ1) is 11.0. The van der Waals surface area contributed by atoms with Crippen LogP contribution in [0.25, 0.3) is 0 Å². The Morgan fingerprint density at radius 1 is 1.12 bits per heavy atom. The van der Waals surface area contributed by atoms with E-state index in [0.717, 1.165) is 42.9 Å². The van der Waals surface area contributed by atoms with Crippen LogP contribution in [0.4, 0.5) is 0 Å². The van der Waals surface area contributed by atoms with Crippen molar-refractivity contribution in [3.05, 3.63) is 0 Å². The molecule has 92 valence electrons. The van der Waals surface area contributed by atoms with E-state index in [-0.39, 0.29) is 0 Å². The first-order valence-electron chi connectivity index (χ1n) is 7.12. The summed E-state index contributed by atoms with van der Waals surface area (Å²) in [6.07, 6.45) is 8.76. The van der Waals surface area contributed by atoms with Gasteiger partial charge in [0.2, 0.25) is 0 Å². The summed E-state index contributed by atoms with van der Waals surface area (Å²) < 4.78 is 5.10. The third kappa shape index (κ3) is 1.80. The van der Waals surface area contributed by atoms with E-state index >= 15 is 0 Å². The second-order valence-corrected chi connectivity index (χ2v) is 6.06. The Kier molecular flexibility index (Phi) is 3.21. The molecule has 0 aliphatic heterocycles. The predicted molar refractivity (Wildman–Crippen MR) is 65.3 cm³/mol. The zero-order valence-electron chi connectivity index (χ0n) is 10.5. The van der Waals surface area contributed by atoms with Gasteiger partial charge in [-0.3, -0.25) is 0 Å². The average Bonchev–Trinajstić information content (AvgIpc) is 2.95. The lowest BCUT2D eigenvalue weighted by Crippen LogP contribution is -2.39. The third-order valence-electron chi connectivity index (χ3n) is 5.36. The molecule has 3 fully saturated rings. The van der Waals surface area contributed by atoms with Crippen molar-refractivity contribution in [1.82, 2.24) is 5.32 Å². The molecule has 0 amide bonds. The zero-order valence-corrected chi connectivity index (χ0v) is 10.5. The number of hydrogen-bond acceptors (Lipinski definition) is 2. The minimum Gasteiger partial charge on any atom is -0.385 e. The molecule has 2 nitrogen and oxygen atoms in total. The molecule has 0 aromatic heterocycles. The Balaban J connectivity index is 1.48. The molecule has 0 heterocycles. The SMILES string of the molecule is COCCCN[C@@H]1C[C@H]2C[C@H]1[C@H]1CCC[C@H]21. The molecule has 0 saturated heterocycles. The molecule has 1 N–H and O–H groups in total. The van der Waals surface area contributed by atoms with E-state index in [1.165, 1.54) is 32.1 Å². The van der Waals surface area contributed by atoms with Crippen LogP contribution in [0.2, 0.25) is 0 Å². The van der Waals surface area contributed by atoms with E-state index in [0.29, 0.717) is 0 Å². The molecule has 0 radical (unpaired) electrons. The monoisotopic (exact) mass is 223 g/mol. The van der Waals surface area contributed by atoms with Gasteiger partial charge in [-0.25, -0.2) is 0 Å². The van der Waals surface area contributed by atoms with Crippen molar-refractivity contribution in [2.75, 3.05) is 20.3 Å². The second-order valence-electron chi connectivity index (χ2n) is 6.06. The summed E-state index contributed by atoms with van der Waals surface area (Å²) in [4.78, 5) is 0. The highest BCUT2D eigenvalue weighted by atomic mass is 16.5. The third-order valence-corrected chi connectivity index (χ3v) is 5.36. The van der Waals surface area contributed by atoms with Gasteiger partial charge in [0.15, 0.2) is 0 Å². The van der Waals surface area contributed by atoms with Gasteiger partial charge in [0.05, 0.1) is 0 Å². The van der Waals surface area contributed by atoms with Crippen LogP contribution in [-0.2, 0) is 4.74 Å². The maximum atomic E-state index is 5.10. The summed E-state index contributed by atoms with van der Waals surface area (Å²) in [7, 11) is 1.79. The van der Waals surface area contributed by atoms with E-state index in [1.807, 2.05) is 0 Å². The lowest BCUT2D eigenvalue weighted by molar-refractivity contribution is 0.181. The molecule has 0 aromatic carbocycles. The molecular weight excluding hydrogens is 198 g/mol. The normalized spacial score (nSPS) is 45.2. The van der Waals surface area contributed by atoms with Crippen LogP contribution in [0.15, 0.2) is 0 Å². The van der Waals surface area contributed by atoms with Gasteiger partial charge in [-0.15, -0.1) is 0 Å². The topological polar surface area (TPSA) is 21.3 Å². The minimum atomic E-state index is 0.848. The maximum Gasteiger partial charge on any atom is 0.0474 e. The van der Waals surface area contributed by atoms with E-state index in [1.54, 1.807) is 13.5 Å². The van der Waals surface area contributed by atoms with Crippen molar-refractivity contribution in [1.29, 1.82) is 0 Å². The maximum absolute atomic E-state index is 5.10. The van der Waals surface area contributed by atoms with Crippen molar-refractivity contribution in [3.8, 4) is 0 Å². The zero-order chi connectivity index (χ0) is 11.0. The van der Waals surface area contributed by atoms with Crippen LogP contribution >= 0.6 is 0 Å². The Labute approximate surface area is 99.1 Å². The summed E-state index contributed by atoms with van der Waals surface area (Å²) in [5, 5.41) is 3.78. The van der Waals surface area contributed by atoms with Crippen molar-refractivity contribution >= 4 is 0 Å². The van der Waals surface area contributed by atoms with Crippen LogP contribution in [0.3, 0.4) is 0 Å². The van der Waals surface area contributed by atoms with Crippen LogP contribution in [-0.4, -0.2) is 26.3 Å². The number of ether oxygens (including phenoxy) is 1. The van der Waals surface area contributed by atoms with E-state index in [2.05, 4.69) is 5.32 Å². The van der Waals surface area contributed by atoms with E-state index in [4.69, 9.17) is 4.74 Å². The van der Waals surface area contributed by atoms with Gasteiger partial charge >= 0.3 is 0 Å². The Morgan fingerprint density at radius 2 is 2.00 bits per heavy atom. The van der Waals surface area contributed by atoms with Gasteiger partial charge in [0, 0.05) is 19.8 Å². The summed E-state index contributed by atoms with van der Waals surface area (Å²) in [6.45, 7) is 2.05. The van der Waals surface area contributed by atoms with Crippen LogP contribution in [0.5, 0.6) is 0 Å². The van der Waals surface area contributed by atoms with Crippen LogP contribution in [0.1, 0.15) is 38.5 Å².